The highest BCUT2D eigenvalue weighted by Crippen LogP contribution is 2.44. The van der Waals surface area contributed by atoms with Crippen LogP contribution in [0.5, 0.6) is 17.2 Å². The first-order chi connectivity index (χ1) is 17.2. The molecule has 1 unspecified atom stereocenters. The second kappa shape index (κ2) is 10.1. The van der Waals surface area contributed by atoms with Crippen molar-refractivity contribution >= 4 is 40.7 Å². The predicted molar refractivity (Wildman–Crippen MR) is 134 cm³/mol. The Morgan fingerprint density at radius 2 is 1.67 bits per heavy atom. The summed E-state index contributed by atoms with van der Waals surface area (Å²) in [4.78, 5) is 39.4. The molecule has 1 fully saturated rings. The van der Waals surface area contributed by atoms with Crippen molar-refractivity contribution in [2.45, 2.75) is 13.0 Å². The lowest BCUT2D eigenvalue weighted by molar-refractivity contribution is -0.132. The summed E-state index contributed by atoms with van der Waals surface area (Å²) >= 11 is 6.24. The van der Waals surface area contributed by atoms with E-state index in [0.29, 0.717) is 22.7 Å². The number of benzene rings is 3. The molecule has 1 amide bonds. The molecule has 3 aromatic rings. The number of rotatable bonds is 6. The lowest BCUT2D eigenvalue weighted by atomic mass is 9.95. The van der Waals surface area contributed by atoms with Crippen molar-refractivity contribution < 1.29 is 33.7 Å². The number of hydrogen-bond acceptors (Lipinski definition) is 7. The zero-order valence-electron chi connectivity index (χ0n) is 19.7. The number of Topliss-reactive ketones (excluding diaryl/α,β-unsaturated/α-hetero) is 1. The molecule has 36 heavy (non-hydrogen) atoms. The van der Waals surface area contributed by atoms with Gasteiger partial charge in [0.2, 0.25) is 0 Å². The molecule has 0 spiro atoms. The maximum Gasteiger partial charge on any atom is 0.308 e. The van der Waals surface area contributed by atoms with Crippen LogP contribution in [0.3, 0.4) is 0 Å². The van der Waals surface area contributed by atoms with Gasteiger partial charge in [0.25, 0.3) is 11.7 Å². The number of esters is 1. The van der Waals surface area contributed by atoms with E-state index in [9.17, 15) is 19.5 Å². The zero-order valence-corrected chi connectivity index (χ0v) is 20.4. The fraction of sp³-hybridized carbons (Fsp3) is 0.148. The Kier molecular flexibility index (Phi) is 6.98. The number of methoxy groups -OCH3 is 2. The SMILES string of the molecule is COc1cccc(N2C(=O)C(=O)/C(=C(/O)c3ccc(OC)c(Cl)c3)C2c2cccc(OC(C)=O)c2)c1. The number of aliphatic hydroxyl groups is 1. The summed E-state index contributed by atoms with van der Waals surface area (Å²) < 4.78 is 15.7. The molecule has 1 heterocycles. The van der Waals surface area contributed by atoms with E-state index in [0.717, 1.165) is 0 Å². The molecule has 0 bridgehead atoms. The third kappa shape index (κ3) is 4.63. The van der Waals surface area contributed by atoms with E-state index in [2.05, 4.69) is 0 Å². The molecule has 0 radical (unpaired) electrons. The lowest BCUT2D eigenvalue weighted by Crippen LogP contribution is -2.29. The number of ketones is 1. The summed E-state index contributed by atoms with van der Waals surface area (Å²) in [6, 6.07) is 16.6. The standard InChI is InChI=1S/C27H22ClNO7/c1-15(30)36-20-9-4-6-16(12-20)24-23(25(31)17-10-11-22(35-3)21(28)13-17)26(32)27(33)29(24)18-7-5-8-19(14-18)34-2/h4-14,24,31H,1-3H3/b25-23+. The minimum Gasteiger partial charge on any atom is -0.507 e. The highest BCUT2D eigenvalue weighted by Gasteiger charge is 2.47. The van der Waals surface area contributed by atoms with Crippen LogP contribution in [0, 0.1) is 0 Å². The van der Waals surface area contributed by atoms with Gasteiger partial charge in [-0.05, 0) is 48.0 Å². The van der Waals surface area contributed by atoms with Crippen LogP contribution in [0.25, 0.3) is 5.76 Å². The average Bonchev–Trinajstić information content (AvgIpc) is 3.13. The number of aliphatic hydroxyl groups excluding tert-OH is 1. The van der Waals surface area contributed by atoms with Crippen LogP contribution >= 0.6 is 11.6 Å². The van der Waals surface area contributed by atoms with Gasteiger partial charge < -0.3 is 19.3 Å². The molecule has 9 heteroatoms. The molecule has 1 aliphatic rings. The fourth-order valence-corrected chi connectivity index (χ4v) is 4.32. The molecule has 3 aromatic carbocycles. The third-order valence-electron chi connectivity index (χ3n) is 5.64. The van der Waals surface area contributed by atoms with E-state index in [1.54, 1.807) is 54.6 Å². The van der Waals surface area contributed by atoms with Crippen molar-refractivity contribution in [3.63, 3.8) is 0 Å². The largest absolute Gasteiger partial charge is 0.507 e. The summed E-state index contributed by atoms with van der Waals surface area (Å²) in [5.74, 6) is -1.58. The number of carbonyl (C=O) groups excluding carboxylic acids is 3. The molecular weight excluding hydrogens is 486 g/mol. The van der Waals surface area contributed by atoms with E-state index in [1.807, 2.05) is 0 Å². The van der Waals surface area contributed by atoms with Crippen LogP contribution < -0.4 is 19.1 Å². The number of hydrogen-bond donors (Lipinski definition) is 1. The summed E-state index contributed by atoms with van der Waals surface area (Å²) in [5.41, 5.74) is 0.901. The van der Waals surface area contributed by atoms with Gasteiger partial charge in [-0.25, -0.2) is 0 Å². The van der Waals surface area contributed by atoms with Crippen LogP contribution in [0.15, 0.2) is 72.3 Å². The van der Waals surface area contributed by atoms with Crippen molar-refractivity contribution in [3.05, 3.63) is 88.5 Å². The minimum absolute atomic E-state index is 0.149. The Hall–Kier alpha value is -4.30. The number of amides is 1. The molecule has 1 N–H and O–H groups in total. The smallest absolute Gasteiger partial charge is 0.308 e. The van der Waals surface area contributed by atoms with E-state index in [1.165, 1.54) is 38.2 Å². The van der Waals surface area contributed by atoms with Crippen LogP contribution in [0.4, 0.5) is 5.69 Å². The van der Waals surface area contributed by atoms with Crippen LogP contribution in [0.2, 0.25) is 5.02 Å². The number of nitrogens with zero attached hydrogens (tertiary/aromatic N) is 1. The molecule has 184 valence electrons. The van der Waals surface area contributed by atoms with Gasteiger partial charge in [-0.3, -0.25) is 19.3 Å². The number of halogens is 1. The van der Waals surface area contributed by atoms with Crippen LogP contribution in [-0.4, -0.2) is 37.0 Å². The van der Waals surface area contributed by atoms with Crippen LogP contribution in [0.1, 0.15) is 24.1 Å². The average molecular weight is 508 g/mol. The van der Waals surface area contributed by atoms with Gasteiger partial charge in [0.15, 0.2) is 0 Å². The first kappa shape index (κ1) is 24.8. The summed E-state index contributed by atoms with van der Waals surface area (Å²) in [6.07, 6.45) is 0. The second-order valence-electron chi connectivity index (χ2n) is 7.89. The van der Waals surface area contributed by atoms with Gasteiger partial charge in [0.05, 0.1) is 30.9 Å². The Labute approximate surface area is 212 Å². The van der Waals surface area contributed by atoms with E-state index >= 15 is 0 Å². The first-order valence-electron chi connectivity index (χ1n) is 10.8. The van der Waals surface area contributed by atoms with Crippen LogP contribution in [-0.2, 0) is 14.4 Å². The summed E-state index contributed by atoms with van der Waals surface area (Å²) in [7, 11) is 2.94. The molecule has 1 atom stereocenters. The van der Waals surface area contributed by atoms with Crippen molar-refractivity contribution in [1.29, 1.82) is 0 Å². The molecule has 0 aliphatic carbocycles. The first-order valence-corrected chi connectivity index (χ1v) is 11.2. The predicted octanol–water partition coefficient (Wildman–Crippen LogP) is 4.91. The molecule has 1 aliphatic heterocycles. The lowest BCUT2D eigenvalue weighted by Gasteiger charge is -2.26. The van der Waals surface area contributed by atoms with Gasteiger partial charge in [-0.15, -0.1) is 0 Å². The van der Waals surface area contributed by atoms with E-state index < -0.39 is 29.5 Å². The third-order valence-corrected chi connectivity index (χ3v) is 5.93. The molecular formula is C27H22ClNO7. The zero-order chi connectivity index (χ0) is 26.0. The minimum atomic E-state index is -1.03. The highest BCUT2D eigenvalue weighted by molar-refractivity contribution is 6.51. The maximum absolute atomic E-state index is 13.3. The molecule has 4 rings (SSSR count). The van der Waals surface area contributed by atoms with E-state index in [4.69, 9.17) is 25.8 Å². The Balaban J connectivity index is 1.94. The van der Waals surface area contributed by atoms with Crippen molar-refractivity contribution in [1.82, 2.24) is 0 Å². The number of anilines is 1. The number of carbonyl (C=O) groups is 3. The topological polar surface area (TPSA) is 102 Å². The Bertz CT molecular complexity index is 1400. The van der Waals surface area contributed by atoms with E-state index in [-0.39, 0.29) is 21.9 Å². The van der Waals surface area contributed by atoms with Crippen molar-refractivity contribution in [2.24, 2.45) is 0 Å². The van der Waals surface area contributed by atoms with Gasteiger partial charge in [0, 0.05) is 24.2 Å². The summed E-state index contributed by atoms with van der Waals surface area (Å²) in [6.45, 7) is 1.27. The number of ether oxygens (including phenoxy) is 3. The van der Waals surface area contributed by atoms with Gasteiger partial charge in [-0.2, -0.15) is 0 Å². The molecule has 0 saturated carbocycles. The van der Waals surface area contributed by atoms with Crippen molar-refractivity contribution in [2.75, 3.05) is 19.1 Å². The van der Waals surface area contributed by atoms with Crippen molar-refractivity contribution in [3.8, 4) is 17.2 Å². The Morgan fingerprint density at radius 1 is 0.944 bits per heavy atom. The maximum atomic E-state index is 13.3. The van der Waals surface area contributed by atoms with Gasteiger partial charge in [0.1, 0.15) is 23.0 Å². The highest BCUT2D eigenvalue weighted by atomic mass is 35.5. The molecule has 8 nitrogen and oxygen atoms in total. The molecule has 1 saturated heterocycles. The quantitative estimate of drug-likeness (QED) is 0.166. The monoisotopic (exact) mass is 507 g/mol. The summed E-state index contributed by atoms with van der Waals surface area (Å²) in [5, 5.41) is 11.5. The fourth-order valence-electron chi connectivity index (χ4n) is 4.06. The molecule has 0 aromatic heterocycles. The second-order valence-corrected chi connectivity index (χ2v) is 8.29. The van der Waals surface area contributed by atoms with Gasteiger partial charge >= 0.3 is 5.97 Å². The normalized spacial score (nSPS) is 16.7. The van der Waals surface area contributed by atoms with Gasteiger partial charge in [-0.1, -0.05) is 29.8 Å². The Morgan fingerprint density at radius 3 is 2.33 bits per heavy atom.